The molecule has 0 aromatic heterocycles. The van der Waals surface area contributed by atoms with Gasteiger partial charge in [-0.25, -0.2) is 0 Å². The molecule has 16 heavy (non-hydrogen) atoms. The van der Waals surface area contributed by atoms with Gasteiger partial charge in [0, 0.05) is 19.3 Å². The monoisotopic (exact) mass is 227 g/mol. The van der Waals surface area contributed by atoms with Gasteiger partial charge in [-0.15, -0.1) is 0 Å². The number of rotatable bonds is 10. The van der Waals surface area contributed by atoms with Crippen molar-refractivity contribution < 1.29 is 4.74 Å². The Morgan fingerprint density at radius 2 is 2.00 bits per heavy atom. The van der Waals surface area contributed by atoms with Crippen LogP contribution in [0.3, 0.4) is 0 Å². The Morgan fingerprint density at radius 3 is 2.56 bits per heavy atom. The van der Waals surface area contributed by atoms with Gasteiger partial charge in [-0.1, -0.05) is 27.2 Å². The van der Waals surface area contributed by atoms with E-state index in [2.05, 4.69) is 26.1 Å². The topological polar surface area (TPSA) is 21.3 Å². The molecule has 0 aromatic carbocycles. The van der Waals surface area contributed by atoms with Crippen LogP contribution in [0.2, 0.25) is 0 Å². The maximum atomic E-state index is 5.65. The maximum Gasteiger partial charge on any atom is 0.0469 e. The molecule has 1 fully saturated rings. The van der Waals surface area contributed by atoms with Crippen LogP contribution in [-0.2, 0) is 4.74 Å². The average Bonchev–Trinajstić information content (AvgIpc) is 3.05. The van der Waals surface area contributed by atoms with Gasteiger partial charge in [-0.2, -0.15) is 0 Å². The number of hydrogen-bond acceptors (Lipinski definition) is 2. The third-order valence-corrected chi connectivity index (χ3v) is 3.46. The minimum atomic E-state index is 0.765. The second-order valence-corrected chi connectivity index (χ2v) is 5.44. The molecule has 0 amide bonds. The van der Waals surface area contributed by atoms with E-state index >= 15 is 0 Å². The zero-order valence-corrected chi connectivity index (χ0v) is 11.3. The zero-order chi connectivity index (χ0) is 11.8. The molecule has 1 rings (SSSR count). The molecule has 1 aliphatic rings. The Balaban J connectivity index is 2.02. The van der Waals surface area contributed by atoms with E-state index < -0.39 is 0 Å². The molecule has 0 aromatic rings. The standard InChI is InChI=1S/C14H29NO/c1-4-5-9-16-10-8-13(12(2)3)11-15-14-6-7-14/h12-15H,4-11H2,1-3H3. The molecule has 0 saturated heterocycles. The minimum Gasteiger partial charge on any atom is -0.381 e. The van der Waals surface area contributed by atoms with Crippen LogP contribution in [0, 0.1) is 11.8 Å². The molecule has 1 unspecified atom stereocenters. The van der Waals surface area contributed by atoms with Crippen LogP contribution in [-0.4, -0.2) is 25.8 Å². The largest absolute Gasteiger partial charge is 0.381 e. The molecule has 1 atom stereocenters. The fourth-order valence-electron chi connectivity index (χ4n) is 1.86. The Kier molecular flexibility index (Phi) is 7.06. The molecule has 2 heteroatoms. The molecular weight excluding hydrogens is 198 g/mol. The van der Waals surface area contributed by atoms with Crippen molar-refractivity contribution in [3.05, 3.63) is 0 Å². The van der Waals surface area contributed by atoms with Crippen molar-refractivity contribution in [2.45, 2.75) is 58.9 Å². The smallest absolute Gasteiger partial charge is 0.0469 e. The summed E-state index contributed by atoms with van der Waals surface area (Å²) in [5.41, 5.74) is 0. The van der Waals surface area contributed by atoms with Gasteiger partial charge in [0.15, 0.2) is 0 Å². The summed E-state index contributed by atoms with van der Waals surface area (Å²) in [7, 11) is 0. The lowest BCUT2D eigenvalue weighted by atomic mass is 9.93. The second kappa shape index (κ2) is 8.08. The van der Waals surface area contributed by atoms with Gasteiger partial charge < -0.3 is 10.1 Å². The minimum absolute atomic E-state index is 0.765. The van der Waals surface area contributed by atoms with E-state index in [9.17, 15) is 0 Å². The Hall–Kier alpha value is -0.0800. The van der Waals surface area contributed by atoms with Crippen LogP contribution in [0.5, 0.6) is 0 Å². The van der Waals surface area contributed by atoms with E-state index in [-0.39, 0.29) is 0 Å². The van der Waals surface area contributed by atoms with E-state index in [1.165, 1.54) is 38.6 Å². The third kappa shape index (κ3) is 6.49. The van der Waals surface area contributed by atoms with Gasteiger partial charge in [0.2, 0.25) is 0 Å². The first-order valence-corrected chi connectivity index (χ1v) is 7.05. The van der Waals surface area contributed by atoms with Gasteiger partial charge in [-0.3, -0.25) is 0 Å². The lowest BCUT2D eigenvalue weighted by molar-refractivity contribution is 0.110. The number of ether oxygens (including phenoxy) is 1. The van der Waals surface area contributed by atoms with Gasteiger partial charge in [0.05, 0.1) is 0 Å². The molecule has 1 aliphatic carbocycles. The predicted molar refractivity (Wildman–Crippen MR) is 69.7 cm³/mol. The Labute approximate surface area is 101 Å². The SMILES string of the molecule is CCCCOCCC(CNC1CC1)C(C)C. The highest BCUT2D eigenvalue weighted by Gasteiger charge is 2.22. The molecule has 0 heterocycles. The van der Waals surface area contributed by atoms with Crippen LogP contribution in [0.25, 0.3) is 0 Å². The average molecular weight is 227 g/mol. The number of nitrogens with one attached hydrogen (secondary N) is 1. The quantitative estimate of drug-likeness (QED) is 0.579. The van der Waals surface area contributed by atoms with Gasteiger partial charge in [0.25, 0.3) is 0 Å². The molecular formula is C14H29NO. The van der Waals surface area contributed by atoms with E-state index in [4.69, 9.17) is 4.74 Å². The normalized spacial score (nSPS) is 18.0. The summed E-state index contributed by atoms with van der Waals surface area (Å²) in [5.74, 6) is 1.54. The number of hydrogen-bond donors (Lipinski definition) is 1. The first-order valence-electron chi connectivity index (χ1n) is 7.05. The van der Waals surface area contributed by atoms with Crippen molar-refractivity contribution in [1.29, 1.82) is 0 Å². The lowest BCUT2D eigenvalue weighted by Crippen LogP contribution is -2.28. The first-order chi connectivity index (χ1) is 7.74. The van der Waals surface area contributed by atoms with Crippen LogP contribution < -0.4 is 5.32 Å². The summed E-state index contributed by atoms with van der Waals surface area (Å²) in [6, 6.07) is 0.835. The van der Waals surface area contributed by atoms with Crippen molar-refractivity contribution in [3.63, 3.8) is 0 Å². The third-order valence-electron chi connectivity index (χ3n) is 3.46. The van der Waals surface area contributed by atoms with E-state index in [1.54, 1.807) is 0 Å². The van der Waals surface area contributed by atoms with E-state index in [1.807, 2.05) is 0 Å². The number of unbranched alkanes of at least 4 members (excludes halogenated alkanes) is 1. The molecule has 1 N–H and O–H groups in total. The molecule has 96 valence electrons. The van der Waals surface area contributed by atoms with Gasteiger partial charge in [-0.05, 0) is 44.1 Å². The van der Waals surface area contributed by atoms with Gasteiger partial charge >= 0.3 is 0 Å². The predicted octanol–water partition coefficient (Wildman–Crippen LogP) is 3.22. The molecule has 0 aliphatic heterocycles. The molecule has 1 saturated carbocycles. The second-order valence-electron chi connectivity index (χ2n) is 5.44. The summed E-state index contributed by atoms with van der Waals surface area (Å²) in [4.78, 5) is 0. The zero-order valence-electron chi connectivity index (χ0n) is 11.3. The molecule has 2 nitrogen and oxygen atoms in total. The van der Waals surface area contributed by atoms with Crippen LogP contribution >= 0.6 is 0 Å². The van der Waals surface area contributed by atoms with Crippen LogP contribution in [0.1, 0.15) is 52.9 Å². The van der Waals surface area contributed by atoms with E-state index in [0.717, 1.165) is 31.1 Å². The van der Waals surface area contributed by atoms with Crippen molar-refractivity contribution in [1.82, 2.24) is 5.32 Å². The van der Waals surface area contributed by atoms with Crippen LogP contribution in [0.4, 0.5) is 0 Å². The van der Waals surface area contributed by atoms with Crippen molar-refractivity contribution >= 4 is 0 Å². The fourth-order valence-corrected chi connectivity index (χ4v) is 1.86. The molecule has 0 bridgehead atoms. The van der Waals surface area contributed by atoms with Gasteiger partial charge in [0.1, 0.15) is 0 Å². The van der Waals surface area contributed by atoms with Crippen molar-refractivity contribution in [2.75, 3.05) is 19.8 Å². The first kappa shape index (κ1) is 14.0. The summed E-state index contributed by atoms with van der Waals surface area (Å²) in [6.07, 6.45) is 6.42. The molecule has 0 radical (unpaired) electrons. The highest BCUT2D eigenvalue weighted by atomic mass is 16.5. The fraction of sp³-hybridized carbons (Fsp3) is 1.00. The summed E-state index contributed by atoms with van der Waals surface area (Å²) < 4.78 is 5.65. The summed E-state index contributed by atoms with van der Waals surface area (Å²) in [5, 5.41) is 3.63. The highest BCUT2D eigenvalue weighted by Crippen LogP contribution is 2.21. The highest BCUT2D eigenvalue weighted by molar-refractivity contribution is 4.82. The van der Waals surface area contributed by atoms with Crippen molar-refractivity contribution in [3.8, 4) is 0 Å². The Bertz CT molecular complexity index is 166. The van der Waals surface area contributed by atoms with E-state index in [0.29, 0.717) is 0 Å². The van der Waals surface area contributed by atoms with Crippen molar-refractivity contribution in [2.24, 2.45) is 11.8 Å². The van der Waals surface area contributed by atoms with Crippen LogP contribution in [0.15, 0.2) is 0 Å². The Morgan fingerprint density at radius 1 is 1.25 bits per heavy atom. The maximum absolute atomic E-state index is 5.65. The summed E-state index contributed by atoms with van der Waals surface area (Å²) in [6.45, 7) is 9.92. The lowest BCUT2D eigenvalue weighted by Gasteiger charge is -2.21. The molecule has 0 spiro atoms. The summed E-state index contributed by atoms with van der Waals surface area (Å²) >= 11 is 0.